The second kappa shape index (κ2) is 8.92. The van der Waals surface area contributed by atoms with Gasteiger partial charge in [-0.1, -0.05) is 30.3 Å². The molecule has 4 N–H and O–H groups in total. The van der Waals surface area contributed by atoms with Crippen LogP contribution in [-0.2, 0) is 6.61 Å². The SMILES string of the molecule is Cl.NCCOc1ccc(OCc2ccccc2)c(C(N)=O)c1. The lowest BCUT2D eigenvalue weighted by molar-refractivity contribution is 0.0995. The summed E-state index contributed by atoms with van der Waals surface area (Å²) < 4.78 is 11.0. The van der Waals surface area contributed by atoms with Gasteiger partial charge in [0.25, 0.3) is 5.91 Å². The van der Waals surface area contributed by atoms with E-state index in [9.17, 15) is 4.79 Å². The van der Waals surface area contributed by atoms with Gasteiger partial charge in [0.2, 0.25) is 0 Å². The van der Waals surface area contributed by atoms with E-state index in [1.807, 2.05) is 30.3 Å². The van der Waals surface area contributed by atoms with E-state index in [4.69, 9.17) is 20.9 Å². The summed E-state index contributed by atoms with van der Waals surface area (Å²) in [5.74, 6) is 0.420. The monoisotopic (exact) mass is 322 g/mol. The number of hydrogen-bond acceptors (Lipinski definition) is 4. The van der Waals surface area contributed by atoms with Crippen molar-refractivity contribution in [3.05, 3.63) is 59.7 Å². The molecular formula is C16H19ClN2O3. The topological polar surface area (TPSA) is 87.6 Å². The van der Waals surface area contributed by atoms with Gasteiger partial charge in [-0.05, 0) is 23.8 Å². The van der Waals surface area contributed by atoms with E-state index >= 15 is 0 Å². The van der Waals surface area contributed by atoms with E-state index in [-0.39, 0.29) is 12.4 Å². The Labute approximate surface area is 135 Å². The molecule has 5 nitrogen and oxygen atoms in total. The molecule has 0 saturated heterocycles. The summed E-state index contributed by atoms with van der Waals surface area (Å²) >= 11 is 0. The summed E-state index contributed by atoms with van der Waals surface area (Å²) in [5.41, 5.74) is 12.1. The standard InChI is InChI=1S/C16H18N2O3.ClH/c17-8-9-20-13-6-7-15(14(10-13)16(18)19)21-11-12-4-2-1-3-5-12;/h1-7,10H,8-9,11,17H2,(H2,18,19);1H. The van der Waals surface area contributed by atoms with E-state index in [0.717, 1.165) is 5.56 Å². The quantitative estimate of drug-likeness (QED) is 0.817. The Bertz CT molecular complexity index is 606. The first-order valence-corrected chi connectivity index (χ1v) is 6.64. The molecular weight excluding hydrogens is 304 g/mol. The smallest absolute Gasteiger partial charge is 0.252 e. The van der Waals surface area contributed by atoms with Crippen LogP contribution in [0.15, 0.2) is 48.5 Å². The maximum Gasteiger partial charge on any atom is 0.252 e. The average Bonchev–Trinajstić information content (AvgIpc) is 2.52. The molecule has 0 spiro atoms. The van der Waals surface area contributed by atoms with Crippen LogP contribution in [0.5, 0.6) is 11.5 Å². The number of primary amides is 1. The maximum atomic E-state index is 11.5. The van der Waals surface area contributed by atoms with Gasteiger partial charge in [0, 0.05) is 6.54 Å². The van der Waals surface area contributed by atoms with E-state index in [1.54, 1.807) is 18.2 Å². The van der Waals surface area contributed by atoms with Gasteiger partial charge in [0.1, 0.15) is 24.7 Å². The number of rotatable bonds is 7. The van der Waals surface area contributed by atoms with Gasteiger partial charge in [0.05, 0.1) is 5.56 Å². The Morgan fingerprint density at radius 3 is 2.41 bits per heavy atom. The molecule has 6 heteroatoms. The Kier molecular flexibility index (Phi) is 7.22. The van der Waals surface area contributed by atoms with E-state index < -0.39 is 5.91 Å². The van der Waals surface area contributed by atoms with Gasteiger partial charge < -0.3 is 20.9 Å². The second-order valence-corrected chi connectivity index (χ2v) is 4.43. The number of ether oxygens (including phenoxy) is 2. The molecule has 0 saturated carbocycles. The van der Waals surface area contributed by atoms with Gasteiger partial charge >= 0.3 is 0 Å². The van der Waals surface area contributed by atoms with Crippen LogP contribution in [-0.4, -0.2) is 19.1 Å². The molecule has 0 bridgehead atoms. The summed E-state index contributed by atoms with van der Waals surface area (Å²) in [5, 5.41) is 0. The van der Waals surface area contributed by atoms with Gasteiger partial charge in [0.15, 0.2) is 0 Å². The number of hydrogen-bond donors (Lipinski definition) is 2. The highest BCUT2D eigenvalue weighted by Gasteiger charge is 2.11. The van der Waals surface area contributed by atoms with Crippen molar-refractivity contribution in [2.45, 2.75) is 6.61 Å². The number of amides is 1. The highest BCUT2D eigenvalue weighted by atomic mass is 35.5. The molecule has 2 aromatic carbocycles. The fourth-order valence-corrected chi connectivity index (χ4v) is 1.83. The minimum absolute atomic E-state index is 0. The Hall–Kier alpha value is -2.24. The van der Waals surface area contributed by atoms with Crippen LogP contribution in [0.2, 0.25) is 0 Å². The van der Waals surface area contributed by atoms with Crippen LogP contribution < -0.4 is 20.9 Å². The van der Waals surface area contributed by atoms with Crippen LogP contribution in [0.25, 0.3) is 0 Å². The van der Waals surface area contributed by atoms with Crippen LogP contribution in [0.4, 0.5) is 0 Å². The Morgan fingerprint density at radius 2 is 1.77 bits per heavy atom. The minimum atomic E-state index is -0.559. The van der Waals surface area contributed by atoms with Gasteiger partial charge in [-0.3, -0.25) is 4.79 Å². The number of halogens is 1. The van der Waals surface area contributed by atoms with Crippen molar-refractivity contribution in [1.29, 1.82) is 0 Å². The summed E-state index contributed by atoms with van der Waals surface area (Å²) in [6, 6.07) is 14.7. The van der Waals surface area contributed by atoms with Crippen molar-refractivity contribution in [2.24, 2.45) is 11.5 Å². The molecule has 0 unspecified atom stereocenters. The molecule has 0 aliphatic rings. The maximum absolute atomic E-state index is 11.5. The number of nitrogens with two attached hydrogens (primary N) is 2. The fourth-order valence-electron chi connectivity index (χ4n) is 1.83. The Morgan fingerprint density at radius 1 is 1.05 bits per heavy atom. The molecule has 0 aromatic heterocycles. The van der Waals surface area contributed by atoms with Crippen molar-refractivity contribution < 1.29 is 14.3 Å². The van der Waals surface area contributed by atoms with Crippen LogP contribution in [0.1, 0.15) is 15.9 Å². The second-order valence-electron chi connectivity index (χ2n) is 4.43. The minimum Gasteiger partial charge on any atom is -0.492 e. The Balaban J connectivity index is 0.00000242. The molecule has 2 rings (SSSR count). The molecule has 0 aliphatic heterocycles. The zero-order valence-electron chi connectivity index (χ0n) is 12.0. The zero-order valence-corrected chi connectivity index (χ0v) is 12.8. The number of carbonyl (C=O) groups is 1. The first-order valence-electron chi connectivity index (χ1n) is 6.64. The molecule has 0 atom stereocenters. The molecule has 22 heavy (non-hydrogen) atoms. The van der Waals surface area contributed by atoms with Crippen LogP contribution in [0.3, 0.4) is 0 Å². The van der Waals surface area contributed by atoms with Crippen molar-refractivity contribution in [1.82, 2.24) is 0 Å². The lowest BCUT2D eigenvalue weighted by atomic mass is 10.1. The normalized spacial score (nSPS) is 9.68. The predicted octanol–water partition coefficient (Wildman–Crippen LogP) is 2.12. The predicted molar refractivity (Wildman–Crippen MR) is 87.5 cm³/mol. The third-order valence-electron chi connectivity index (χ3n) is 2.84. The molecule has 118 valence electrons. The average molecular weight is 323 g/mol. The molecule has 0 aliphatic carbocycles. The van der Waals surface area contributed by atoms with E-state index in [0.29, 0.717) is 36.8 Å². The van der Waals surface area contributed by atoms with E-state index in [2.05, 4.69) is 0 Å². The summed E-state index contributed by atoms with van der Waals surface area (Å²) in [7, 11) is 0. The van der Waals surface area contributed by atoms with E-state index in [1.165, 1.54) is 0 Å². The number of benzene rings is 2. The van der Waals surface area contributed by atoms with Crippen molar-refractivity contribution in [3.63, 3.8) is 0 Å². The lowest BCUT2D eigenvalue weighted by Gasteiger charge is -2.12. The van der Waals surface area contributed by atoms with Crippen molar-refractivity contribution in [3.8, 4) is 11.5 Å². The van der Waals surface area contributed by atoms with Crippen LogP contribution >= 0.6 is 12.4 Å². The molecule has 0 radical (unpaired) electrons. The summed E-state index contributed by atoms with van der Waals surface area (Å²) in [4.78, 5) is 11.5. The summed E-state index contributed by atoms with van der Waals surface area (Å²) in [6.45, 7) is 1.14. The van der Waals surface area contributed by atoms with Gasteiger partial charge in [-0.15, -0.1) is 12.4 Å². The third-order valence-corrected chi connectivity index (χ3v) is 2.84. The molecule has 0 heterocycles. The first-order chi connectivity index (χ1) is 10.2. The highest BCUT2D eigenvalue weighted by Crippen LogP contribution is 2.24. The van der Waals surface area contributed by atoms with Crippen molar-refractivity contribution >= 4 is 18.3 Å². The zero-order chi connectivity index (χ0) is 15.1. The lowest BCUT2D eigenvalue weighted by Crippen LogP contribution is -2.14. The fraction of sp³-hybridized carbons (Fsp3) is 0.188. The molecule has 1 amide bonds. The van der Waals surface area contributed by atoms with Gasteiger partial charge in [-0.25, -0.2) is 0 Å². The molecule has 2 aromatic rings. The first kappa shape index (κ1) is 17.8. The third kappa shape index (κ3) is 4.95. The largest absolute Gasteiger partial charge is 0.492 e. The van der Waals surface area contributed by atoms with Crippen molar-refractivity contribution in [2.75, 3.05) is 13.2 Å². The number of carbonyl (C=O) groups excluding carboxylic acids is 1. The summed E-state index contributed by atoms with van der Waals surface area (Å²) in [6.07, 6.45) is 0. The molecule has 0 fully saturated rings. The highest BCUT2D eigenvalue weighted by molar-refractivity contribution is 5.96. The van der Waals surface area contributed by atoms with Crippen LogP contribution in [0, 0.1) is 0 Å². The van der Waals surface area contributed by atoms with Gasteiger partial charge in [-0.2, -0.15) is 0 Å².